The number of nitrogens with zero attached hydrogens (tertiary/aromatic N) is 1. The first kappa shape index (κ1) is 35.8. The van der Waals surface area contributed by atoms with Gasteiger partial charge >= 0.3 is 0 Å². The molecule has 0 spiro atoms. The van der Waals surface area contributed by atoms with E-state index in [1.165, 1.54) is 24.8 Å². The molecule has 0 aromatic heterocycles. The van der Waals surface area contributed by atoms with Crippen LogP contribution in [-0.2, 0) is 14.0 Å². The van der Waals surface area contributed by atoms with Crippen LogP contribution in [0.4, 0.5) is 0 Å². The number of fused-ring (bicyclic) bond motifs is 7. The first-order chi connectivity index (χ1) is 21.6. The van der Waals surface area contributed by atoms with Crippen molar-refractivity contribution in [3.63, 3.8) is 0 Å². The fourth-order valence-corrected chi connectivity index (χ4v) is 14.4. The highest BCUT2D eigenvalue weighted by atomic mass is 28.4. The number of likely N-dealkylation sites (tertiary alicyclic amines) is 1. The van der Waals surface area contributed by atoms with Crippen molar-refractivity contribution in [2.45, 2.75) is 170 Å². The molecule has 1 N–H and O–H groups in total. The van der Waals surface area contributed by atoms with E-state index in [4.69, 9.17) is 4.43 Å². The Hall–Kier alpha value is -0.983. The maximum atomic E-state index is 15.0. The molecule has 0 bridgehead atoms. The molecular formula is C41H69NO4Si. The molecule has 8 atom stereocenters. The summed E-state index contributed by atoms with van der Waals surface area (Å²) in [5, 5.41) is 11.3. The van der Waals surface area contributed by atoms with Gasteiger partial charge in [0.15, 0.2) is 14.1 Å². The Morgan fingerprint density at radius 1 is 0.872 bits per heavy atom. The maximum Gasteiger partial charge on any atom is 0.233 e. The molecule has 1 saturated heterocycles. The molecular weight excluding hydrogens is 599 g/mol. The van der Waals surface area contributed by atoms with Gasteiger partial charge in [-0.25, -0.2) is 0 Å². The van der Waals surface area contributed by atoms with Gasteiger partial charge in [-0.15, -0.1) is 0 Å². The maximum absolute atomic E-state index is 15.0. The molecule has 0 aromatic carbocycles. The zero-order valence-electron chi connectivity index (χ0n) is 32.3. The Kier molecular flexibility index (Phi) is 8.58. The number of carbonyl (C=O) groups excluding carboxylic acids is 2. The molecule has 1 heterocycles. The molecule has 266 valence electrons. The average Bonchev–Trinajstić information content (AvgIpc) is 3.28. The van der Waals surface area contributed by atoms with Crippen molar-refractivity contribution in [2.75, 3.05) is 13.1 Å². The monoisotopic (exact) mass is 667 g/mol. The Morgan fingerprint density at radius 2 is 1.51 bits per heavy atom. The summed E-state index contributed by atoms with van der Waals surface area (Å²) >= 11 is 0. The second-order valence-corrected chi connectivity index (χ2v) is 25.3. The molecule has 5 aliphatic carbocycles. The average molecular weight is 668 g/mol. The molecule has 5 nitrogen and oxygen atoms in total. The lowest BCUT2D eigenvalue weighted by Crippen LogP contribution is -2.66. The van der Waals surface area contributed by atoms with Gasteiger partial charge in [-0.3, -0.25) is 9.59 Å². The van der Waals surface area contributed by atoms with Gasteiger partial charge in [0.25, 0.3) is 0 Å². The fourth-order valence-electron chi connectivity index (χ4n) is 12.9. The van der Waals surface area contributed by atoms with Crippen molar-refractivity contribution < 1.29 is 19.1 Å². The topological polar surface area (TPSA) is 66.8 Å². The standard InChI is InChI=1S/C41H69NO4Si/c1-26(2)33-29(43)25-41(35(45)42-23-17-27(18-24-42)46-47(11,12)36(3,4)5)22-21-39(9)28(34(33)41)13-14-31-38(8)19-16-32(44)37(6,7)30(38)15-20-40(31,39)10/h26-28,30-32,44H,13-25H2,1-12H3/t28-,30+,31-,32+,38+,39-,40-,41-/m1/s1. The number of ketones is 1. The van der Waals surface area contributed by atoms with Gasteiger partial charge in [-0.05, 0) is 139 Å². The number of piperidine rings is 1. The number of allylic oxidation sites excluding steroid dienone is 1. The second kappa shape index (κ2) is 11.3. The van der Waals surface area contributed by atoms with E-state index in [-0.39, 0.29) is 62.4 Å². The summed E-state index contributed by atoms with van der Waals surface area (Å²) in [6.07, 6.45) is 10.6. The van der Waals surface area contributed by atoms with E-state index < -0.39 is 13.7 Å². The van der Waals surface area contributed by atoms with Crippen molar-refractivity contribution in [3.05, 3.63) is 11.1 Å². The minimum Gasteiger partial charge on any atom is -0.414 e. The number of hydrogen-bond acceptors (Lipinski definition) is 4. The van der Waals surface area contributed by atoms with Crippen LogP contribution < -0.4 is 0 Å². The molecule has 0 unspecified atom stereocenters. The summed E-state index contributed by atoms with van der Waals surface area (Å²) in [5.74, 6) is 2.04. The first-order valence-corrected chi connectivity index (χ1v) is 22.4. The third kappa shape index (κ3) is 5.00. The summed E-state index contributed by atoms with van der Waals surface area (Å²) in [6, 6.07) is 0. The van der Waals surface area contributed by atoms with Crippen LogP contribution in [0, 0.1) is 50.7 Å². The highest BCUT2D eigenvalue weighted by Crippen LogP contribution is 2.76. The van der Waals surface area contributed by atoms with Crippen molar-refractivity contribution >= 4 is 20.0 Å². The van der Waals surface area contributed by atoms with Crippen molar-refractivity contribution in [2.24, 2.45) is 50.7 Å². The molecule has 0 radical (unpaired) electrons. The summed E-state index contributed by atoms with van der Waals surface area (Å²) in [7, 11) is -1.87. The predicted molar refractivity (Wildman–Crippen MR) is 193 cm³/mol. The predicted octanol–water partition coefficient (Wildman–Crippen LogP) is 9.34. The Balaban J connectivity index is 1.31. The van der Waals surface area contributed by atoms with Crippen LogP contribution in [0.5, 0.6) is 0 Å². The quantitative estimate of drug-likeness (QED) is 0.304. The van der Waals surface area contributed by atoms with Gasteiger partial charge in [-0.2, -0.15) is 0 Å². The van der Waals surface area contributed by atoms with E-state index >= 15 is 0 Å². The Morgan fingerprint density at radius 3 is 2.11 bits per heavy atom. The number of carbonyl (C=O) groups is 2. The summed E-state index contributed by atoms with van der Waals surface area (Å²) in [5.41, 5.74) is 1.99. The van der Waals surface area contributed by atoms with Gasteiger partial charge in [0.2, 0.25) is 5.91 Å². The number of Topliss-reactive ketones (excluding diaryl/α,β-unsaturated/α-hetero) is 1. The van der Waals surface area contributed by atoms with E-state index in [2.05, 4.69) is 87.2 Å². The van der Waals surface area contributed by atoms with Crippen LogP contribution in [0.3, 0.4) is 0 Å². The summed E-state index contributed by atoms with van der Waals surface area (Å²) < 4.78 is 6.80. The molecule has 1 amide bonds. The van der Waals surface area contributed by atoms with Gasteiger partial charge in [-0.1, -0.05) is 69.2 Å². The highest BCUT2D eigenvalue weighted by molar-refractivity contribution is 6.74. The van der Waals surface area contributed by atoms with Gasteiger partial charge in [0.1, 0.15) is 0 Å². The number of aliphatic hydroxyl groups is 1. The molecule has 6 aliphatic rings. The van der Waals surface area contributed by atoms with E-state index in [0.29, 0.717) is 18.3 Å². The zero-order valence-corrected chi connectivity index (χ0v) is 33.3. The number of aliphatic hydroxyl groups excluding tert-OH is 1. The number of hydrogen-bond donors (Lipinski definition) is 1. The highest BCUT2D eigenvalue weighted by Gasteiger charge is 2.71. The normalized spacial score (nSPS) is 42.6. The van der Waals surface area contributed by atoms with Gasteiger partial charge in [0, 0.05) is 25.6 Å². The minimum atomic E-state index is -1.87. The van der Waals surface area contributed by atoms with Crippen molar-refractivity contribution in [1.29, 1.82) is 0 Å². The Bertz CT molecular complexity index is 1320. The molecule has 0 aromatic rings. The van der Waals surface area contributed by atoms with Crippen LogP contribution in [0.2, 0.25) is 18.1 Å². The Labute approximate surface area is 288 Å². The molecule has 6 heteroatoms. The van der Waals surface area contributed by atoms with Crippen LogP contribution in [0.25, 0.3) is 0 Å². The summed E-state index contributed by atoms with van der Waals surface area (Å²) in [6.45, 7) is 29.8. The number of amides is 1. The second-order valence-electron chi connectivity index (χ2n) is 20.5. The van der Waals surface area contributed by atoms with Gasteiger partial charge < -0.3 is 14.4 Å². The molecule has 4 saturated carbocycles. The SMILES string of the molecule is CC(C)C1=C2[C@H]3CC[C@@H]4[C@@]5(C)CC[C@H](O)C(C)(C)[C@@H]5CC[C@@]4(C)[C@]3(C)CC[C@@]2(C(=O)N2CCC(O[Si](C)(C)C(C)(C)C)CC2)CC1=O. The third-order valence-electron chi connectivity index (χ3n) is 16.8. The smallest absolute Gasteiger partial charge is 0.233 e. The fraction of sp³-hybridized carbons (Fsp3) is 0.902. The first-order valence-electron chi connectivity index (χ1n) is 19.5. The lowest BCUT2D eigenvalue weighted by Gasteiger charge is -2.72. The van der Waals surface area contributed by atoms with Crippen LogP contribution in [-0.4, -0.2) is 55.3 Å². The van der Waals surface area contributed by atoms with Gasteiger partial charge in [0.05, 0.1) is 11.5 Å². The third-order valence-corrected chi connectivity index (χ3v) is 21.4. The van der Waals surface area contributed by atoms with Crippen LogP contribution in [0.1, 0.15) is 140 Å². The van der Waals surface area contributed by atoms with E-state index in [1.54, 1.807) is 0 Å². The molecule has 1 aliphatic heterocycles. The van der Waals surface area contributed by atoms with Crippen molar-refractivity contribution in [3.8, 4) is 0 Å². The minimum absolute atomic E-state index is 0.0535. The molecule has 5 fully saturated rings. The lowest BCUT2D eigenvalue weighted by atomic mass is 9.33. The van der Waals surface area contributed by atoms with E-state index in [0.717, 1.165) is 63.6 Å². The van der Waals surface area contributed by atoms with Crippen LogP contribution >= 0.6 is 0 Å². The van der Waals surface area contributed by atoms with E-state index in [1.807, 2.05) is 0 Å². The zero-order chi connectivity index (χ0) is 34.8. The van der Waals surface area contributed by atoms with E-state index in [9.17, 15) is 14.7 Å². The van der Waals surface area contributed by atoms with Crippen molar-refractivity contribution in [1.82, 2.24) is 4.90 Å². The number of rotatable bonds is 4. The molecule has 6 rings (SSSR count). The largest absolute Gasteiger partial charge is 0.414 e. The lowest BCUT2D eigenvalue weighted by molar-refractivity contribution is -0.228. The van der Waals surface area contributed by atoms with Crippen LogP contribution in [0.15, 0.2) is 11.1 Å². The molecule has 47 heavy (non-hydrogen) atoms. The summed E-state index contributed by atoms with van der Waals surface area (Å²) in [4.78, 5) is 31.2.